The van der Waals surface area contributed by atoms with E-state index in [1.807, 2.05) is 12.1 Å². The summed E-state index contributed by atoms with van der Waals surface area (Å²) >= 11 is 3.54. The molecule has 0 aliphatic heterocycles. The standard InChI is InChI=1S/C17H19BrFN/c1-4-20-17(13-5-6-16(19)12(3)9-13)14-7-11(2)8-15(18)10-14/h5-10,17,20H,4H2,1-3H3. The molecule has 0 spiro atoms. The highest BCUT2D eigenvalue weighted by Crippen LogP contribution is 2.27. The van der Waals surface area contributed by atoms with E-state index in [9.17, 15) is 4.39 Å². The first-order valence-electron chi connectivity index (χ1n) is 6.77. The zero-order valence-electron chi connectivity index (χ0n) is 12.0. The van der Waals surface area contributed by atoms with E-state index in [1.165, 1.54) is 11.1 Å². The van der Waals surface area contributed by atoms with Crippen molar-refractivity contribution in [1.29, 1.82) is 0 Å². The fourth-order valence-corrected chi connectivity index (χ4v) is 3.04. The topological polar surface area (TPSA) is 12.0 Å². The molecule has 0 heterocycles. The minimum Gasteiger partial charge on any atom is -0.307 e. The van der Waals surface area contributed by atoms with E-state index in [0.717, 1.165) is 16.6 Å². The molecule has 0 fully saturated rings. The van der Waals surface area contributed by atoms with Crippen molar-refractivity contribution in [2.75, 3.05) is 6.54 Å². The third-order valence-electron chi connectivity index (χ3n) is 3.32. The highest BCUT2D eigenvalue weighted by Gasteiger charge is 2.15. The largest absolute Gasteiger partial charge is 0.307 e. The van der Waals surface area contributed by atoms with Gasteiger partial charge < -0.3 is 5.32 Å². The Kier molecular flexibility index (Phi) is 4.95. The average molecular weight is 336 g/mol. The first-order valence-corrected chi connectivity index (χ1v) is 7.57. The molecule has 3 heteroatoms. The van der Waals surface area contributed by atoms with Crippen LogP contribution >= 0.6 is 15.9 Å². The van der Waals surface area contributed by atoms with Crippen LogP contribution in [0.1, 0.15) is 35.2 Å². The van der Waals surface area contributed by atoms with Gasteiger partial charge in [0.15, 0.2) is 0 Å². The SMILES string of the molecule is CCNC(c1cc(C)cc(Br)c1)c1ccc(F)c(C)c1. The van der Waals surface area contributed by atoms with Crippen LogP contribution in [0.25, 0.3) is 0 Å². The molecule has 2 aromatic rings. The fourth-order valence-electron chi connectivity index (χ4n) is 2.41. The number of rotatable bonds is 4. The summed E-state index contributed by atoms with van der Waals surface area (Å²) < 4.78 is 14.5. The van der Waals surface area contributed by atoms with Gasteiger partial charge in [0.05, 0.1) is 6.04 Å². The lowest BCUT2D eigenvalue weighted by atomic mass is 9.96. The monoisotopic (exact) mass is 335 g/mol. The Balaban J connectivity index is 2.46. The molecule has 0 bridgehead atoms. The highest BCUT2D eigenvalue weighted by atomic mass is 79.9. The zero-order chi connectivity index (χ0) is 14.7. The van der Waals surface area contributed by atoms with Gasteiger partial charge in [-0.3, -0.25) is 0 Å². The van der Waals surface area contributed by atoms with E-state index in [4.69, 9.17) is 0 Å². The molecule has 0 saturated heterocycles. The minimum atomic E-state index is -0.158. The van der Waals surface area contributed by atoms with Crippen LogP contribution in [0.15, 0.2) is 40.9 Å². The van der Waals surface area contributed by atoms with E-state index in [1.54, 1.807) is 13.0 Å². The van der Waals surface area contributed by atoms with Gasteiger partial charge in [0.25, 0.3) is 0 Å². The Morgan fingerprint density at radius 2 is 1.85 bits per heavy atom. The number of hydrogen-bond donors (Lipinski definition) is 1. The predicted molar refractivity (Wildman–Crippen MR) is 85.5 cm³/mol. The van der Waals surface area contributed by atoms with Crippen LogP contribution in [0.3, 0.4) is 0 Å². The van der Waals surface area contributed by atoms with E-state index in [-0.39, 0.29) is 11.9 Å². The predicted octanol–water partition coefficient (Wildman–Crippen LogP) is 4.90. The lowest BCUT2D eigenvalue weighted by molar-refractivity contribution is 0.606. The molecule has 1 atom stereocenters. The van der Waals surface area contributed by atoms with E-state index < -0.39 is 0 Å². The molecule has 2 rings (SSSR count). The maximum absolute atomic E-state index is 13.5. The summed E-state index contributed by atoms with van der Waals surface area (Å²) in [4.78, 5) is 0. The van der Waals surface area contributed by atoms with Gasteiger partial charge in [-0.1, -0.05) is 41.1 Å². The lowest BCUT2D eigenvalue weighted by Crippen LogP contribution is -2.22. The second-order valence-corrected chi connectivity index (χ2v) is 5.98. The first-order chi connectivity index (χ1) is 9.51. The van der Waals surface area contributed by atoms with Crippen LogP contribution in [0.2, 0.25) is 0 Å². The summed E-state index contributed by atoms with van der Waals surface area (Å²) in [5.74, 6) is -0.158. The zero-order valence-corrected chi connectivity index (χ0v) is 13.6. The Morgan fingerprint density at radius 1 is 1.10 bits per heavy atom. The Bertz CT molecular complexity index is 590. The molecule has 0 aliphatic rings. The van der Waals surface area contributed by atoms with Gasteiger partial charge in [0.1, 0.15) is 5.82 Å². The maximum atomic E-state index is 13.5. The first kappa shape index (κ1) is 15.2. The third-order valence-corrected chi connectivity index (χ3v) is 3.78. The molecular weight excluding hydrogens is 317 g/mol. The fraction of sp³-hybridized carbons (Fsp3) is 0.294. The van der Waals surface area contributed by atoms with Crippen molar-refractivity contribution in [3.8, 4) is 0 Å². The third kappa shape index (κ3) is 3.47. The number of nitrogens with one attached hydrogen (secondary N) is 1. The molecule has 1 unspecified atom stereocenters. The second-order valence-electron chi connectivity index (χ2n) is 5.06. The van der Waals surface area contributed by atoms with Crippen molar-refractivity contribution in [3.05, 3.63) is 68.9 Å². The van der Waals surface area contributed by atoms with Crippen molar-refractivity contribution < 1.29 is 4.39 Å². The lowest BCUT2D eigenvalue weighted by Gasteiger charge is -2.20. The minimum absolute atomic E-state index is 0.0792. The Labute approximate surface area is 128 Å². The number of benzene rings is 2. The normalized spacial score (nSPS) is 12.4. The molecule has 106 valence electrons. The van der Waals surface area contributed by atoms with Crippen LogP contribution in [0, 0.1) is 19.7 Å². The van der Waals surface area contributed by atoms with Gasteiger partial charge in [-0.15, -0.1) is 0 Å². The molecular formula is C17H19BrFN. The average Bonchev–Trinajstić information content (AvgIpc) is 2.38. The molecule has 0 aromatic heterocycles. The van der Waals surface area contributed by atoms with E-state index in [0.29, 0.717) is 5.56 Å². The van der Waals surface area contributed by atoms with Crippen molar-refractivity contribution in [2.45, 2.75) is 26.8 Å². The summed E-state index contributed by atoms with van der Waals surface area (Å²) in [5, 5.41) is 3.47. The van der Waals surface area contributed by atoms with Crippen LogP contribution in [0.5, 0.6) is 0 Å². The van der Waals surface area contributed by atoms with Gasteiger partial charge in [-0.2, -0.15) is 0 Å². The van der Waals surface area contributed by atoms with Crippen LogP contribution in [0.4, 0.5) is 4.39 Å². The molecule has 0 saturated carbocycles. The number of halogens is 2. The summed E-state index contributed by atoms with van der Waals surface area (Å²) in [6, 6.07) is 11.7. The Hall–Kier alpha value is -1.19. The summed E-state index contributed by atoms with van der Waals surface area (Å²) in [5.41, 5.74) is 4.15. The Morgan fingerprint density at radius 3 is 2.45 bits per heavy atom. The van der Waals surface area contributed by atoms with Crippen LogP contribution in [-0.4, -0.2) is 6.54 Å². The van der Waals surface area contributed by atoms with Gasteiger partial charge >= 0.3 is 0 Å². The van der Waals surface area contributed by atoms with Gasteiger partial charge in [-0.05, 0) is 60.8 Å². The quantitative estimate of drug-likeness (QED) is 0.837. The van der Waals surface area contributed by atoms with Crippen molar-refractivity contribution in [2.24, 2.45) is 0 Å². The molecule has 1 N–H and O–H groups in total. The summed E-state index contributed by atoms with van der Waals surface area (Å²) in [7, 11) is 0. The van der Waals surface area contributed by atoms with Gasteiger partial charge in [0.2, 0.25) is 0 Å². The van der Waals surface area contributed by atoms with Crippen LogP contribution in [-0.2, 0) is 0 Å². The summed E-state index contributed by atoms with van der Waals surface area (Å²) in [6.45, 7) is 6.81. The maximum Gasteiger partial charge on any atom is 0.126 e. The molecule has 0 radical (unpaired) electrons. The molecule has 0 amide bonds. The molecule has 1 nitrogen and oxygen atoms in total. The van der Waals surface area contributed by atoms with Crippen molar-refractivity contribution in [3.63, 3.8) is 0 Å². The highest BCUT2D eigenvalue weighted by molar-refractivity contribution is 9.10. The molecule has 2 aromatic carbocycles. The smallest absolute Gasteiger partial charge is 0.126 e. The molecule has 0 aliphatic carbocycles. The molecule has 20 heavy (non-hydrogen) atoms. The number of hydrogen-bond acceptors (Lipinski definition) is 1. The van der Waals surface area contributed by atoms with Crippen molar-refractivity contribution >= 4 is 15.9 Å². The van der Waals surface area contributed by atoms with Gasteiger partial charge in [-0.25, -0.2) is 4.39 Å². The van der Waals surface area contributed by atoms with E-state index in [2.05, 4.69) is 53.3 Å². The van der Waals surface area contributed by atoms with Gasteiger partial charge in [0, 0.05) is 4.47 Å². The number of aryl methyl sites for hydroxylation is 2. The second kappa shape index (κ2) is 6.51. The van der Waals surface area contributed by atoms with Crippen LogP contribution < -0.4 is 5.32 Å². The van der Waals surface area contributed by atoms with Crippen molar-refractivity contribution in [1.82, 2.24) is 5.32 Å². The van der Waals surface area contributed by atoms with E-state index >= 15 is 0 Å². The summed E-state index contributed by atoms with van der Waals surface area (Å²) in [6.07, 6.45) is 0.